The van der Waals surface area contributed by atoms with Gasteiger partial charge in [-0.2, -0.15) is 0 Å². The number of carbonyl (C=O) groups is 1. The standard InChI is InChI=1S/C12H13N3O5/c16-11-3-5-13(6-4-11)8-9-1-2-10(14(17)18)7-12(9)15(19)20/h1-2,7H,3-6,8H2. The molecule has 0 N–H and O–H groups in total. The zero-order chi connectivity index (χ0) is 14.7. The third-order valence-electron chi connectivity index (χ3n) is 3.28. The maximum absolute atomic E-state index is 11.1. The average molecular weight is 279 g/mol. The Balaban J connectivity index is 2.20. The van der Waals surface area contributed by atoms with E-state index in [1.54, 1.807) is 0 Å². The van der Waals surface area contributed by atoms with Gasteiger partial charge < -0.3 is 0 Å². The van der Waals surface area contributed by atoms with Crippen LogP contribution < -0.4 is 0 Å². The predicted molar refractivity (Wildman–Crippen MR) is 69.3 cm³/mol. The van der Waals surface area contributed by atoms with E-state index in [9.17, 15) is 25.0 Å². The first-order valence-corrected chi connectivity index (χ1v) is 6.13. The number of Topliss-reactive ketones (excluding diaryl/α,β-unsaturated/α-hetero) is 1. The summed E-state index contributed by atoms with van der Waals surface area (Å²) in [4.78, 5) is 33.5. The number of nitro groups is 2. The average Bonchev–Trinajstić information content (AvgIpc) is 2.41. The first kappa shape index (κ1) is 14.1. The number of hydrogen-bond donors (Lipinski definition) is 0. The largest absolute Gasteiger partial charge is 0.300 e. The number of nitro benzene ring substituents is 2. The SMILES string of the molecule is O=C1CCN(Cc2ccc([N+](=O)[O-])cc2[N+](=O)[O-])CC1. The number of nitrogens with zero attached hydrogens (tertiary/aromatic N) is 3. The molecule has 1 aromatic carbocycles. The van der Waals surface area contributed by atoms with Crippen molar-refractivity contribution in [3.8, 4) is 0 Å². The molecule has 0 amide bonds. The number of ketones is 1. The molecule has 1 saturated heterocycles. The number of likely N-dealkylation sites (tertiary alicyclic amines) is 1. The summed E-state index contributed by atoms with van der Waals surface area (Å²) in [5, 5.41) is 21.6. The second-order valence-corrected chi connectivity index (χ2v) is 4.64. The summed E-state index contributed by atoms with van der Waals surface area (Å²) in [7, 11) is 0. The molecule has 1 aliphatic heterocycles. The third-order valence-corrected chi connectivity index (χ3v) is 3.28. The van der Waals surface area contributed by atoms with Gasteiger partial charge in [-0.15, -0.1) is 0 Å². The third kappa shape index (κ3) is 3.15. The minimum atomic E-state index is -0.656. The highest BCUT2D eigenvalue weighted by Crippen LogP contribution is 2.26. The van der Waals surface area contributed by atoms with Crippen LogP contribution in [0.1, 0.15) is 18.4 Å². The number of piperidine rings is 1. The van der Waals surface area contributed by atoms with Crippen LogP contribution in [-0.2, 0) is 11.3 Å². The van der Waals surface area contributed by atoms with Crippen LogP contribution in [0.15, 0.2) is 18.2 Å². The fourth-order valence-electron chi connectivity index (χ4n) is 2.17. The maximum atomic E-state index is 11.1. The molecule has 0 spiro atoms. The molecule has 2 rings (SSSR count). The van der Waals surface area contributed by atoms with E-state index in [1.165, 1.54) is 12.1 Å². The van der Waals surface area contributed by atoms with Gasteiger partial charge in [0.05, 0.1) is 15.9 Å². The molecular formula is C12H13N3O5. The Morgan fingerprint density at radius 2 is 1.75 bits per heavy atom. The van der Waals surface area contributed by atoms with Crippen LogP contribution in [0, 0.1) is 20.2 Å². The van der Waals surface area contributed by atoms with Gasteiger partial charge in [-0.3, -0.25) is 29.9 Å². The van der Waals surface area contributed by atoms with E-state index in [0.29, 0.717) is 38.0 Å². The molecule has 0 aliphatic carbocycles. The van der Waals surface area contributed by atoms with Crippen molar-refractivity contribution in [1.29, 1.82) is 0 Å². The van der Waals surface area contributed by atoms with Crippen LogP contribution in [0.25, 0.3) is 0 Å². The Morgan fingerprint density at radius 1 is 1.10 bits per heavy atom. The van der Waals surface area contributed by atoms with E-state index < -0.39 is 9.85 Å². The monoisotopic (exact) mass is 279 g/mol. The van der Waals surface area contributed by atoms with Gasteiger partial charge in [-0.05, 0) is 6.07 Å². The molecular weight excluding hydrogens is 266 g/mol. The quantitative estimate of drug-likeness (QED) is 0.613. The van der Waals surface area contributed by atoms with Crippen LogP contribution >= 0.6 is 0 Å². The van der Waals surface area contributed by atoms with E-state index in [1.807, 2.05) is 4.90 Å². The Labute approximate surface area is 114 Å². The Morgan fingerprint density at radius 3 is 2.30 bits per heavy atom. The van der Waals surface area contributed by atoms with Crippen molar-refractivity contribution in [2.24, 2.45) is 0 Å². The molecule has 106 valence electrons. The van der Waals surface area contributed by atoms with E-state index in [2.05, 4.69) is 0 Å². The van der Waals surface area contributed by atoms with Crippen LogP contribution in [0.2, 0.25) is 0 Å². The molecule has 0 bridgehead atoms. The summed E-state index contributed by atoms with van der Waals surface area (Å²) >= 11 is 0. The molecule has 1 heterocycles. The minimum Gasteiger partial charge on any atom is -0.300 e. The van der Waals surface area contributed by atoms with E-state index in [0.717, 1.165) is 6.07 Å². The number of benzene rings is 1. The van der Waals surface area contributed by atoms with Gasteiger partial charge in [-0.25, -0.2) is 0 Å². The molecule has 0 radical (unpaired) electrons. The lowest BCUT2D eigenvalue weighted by Crippen LogP contribution is -2.33. The van der Waals surface area contributed by atoms with Crippen LogP contribution in [0.4, 0.5) is 11.4 Å². The Hall–Kier alpha value is -2.35. The summed E-state index contributed by atoms with van der Waals surface area (Å²) in [6, 6.07) is 3.65. The lowest BCUT2D eigenvalue weighted by Gasteiger charge is -2.25. The molecule has 1 aliphatic rings. The Bertz CT molecular complexity index is 562. The van der Waals surface area contributed by atoms with Gasteiger partial charge in [0.15, 0.2) is 0 Å². The lowest BCUT2D eigenvalue weighted by molar-refractivity contribution is -0.394. The topological polar surface area (TPSA) is 107 Å². The van der Waals surface area contributed by atoms with Crippen LogP contribution in [0.3, 0.4) is 0 Å². The van der Waals surface area contributed by atoms with Crippen molar-refractivity contribution in [1.82, 2.24) is 4.90 Å². The molecule has 1 aromatic rings. The first-order chi connectivity index (χ1) is 9.47. The van der Waals surface area contributed by atoms with Gasteiger partial charge in [-0.1, -0.05) is 0 Å². The number of rotatable bonds is 4. The summed E-state index contributed by atoms with van der Waals surface area (Å²) in [5.74, 6) is 0.194. The number of non-ortho nitro benzene ring substituents is 1. The minimum absolute atomic E-state index is 0.194. The van der Waals surface area contributed by atoms with E-state index in [-0.39, 0.29) is 17.2 Å². The zero-order valence-electron chi connectivity index (χ0n) is 10.7. The fourth-order valence-corrected chi connectivity index (χ4v) is 2.17. The van der Waals surface area contributed by atoms with Crippen molar-refractivity contribution < 1.29 is 14.6 Å². The second kappa shape index (κ2) is 5.74. The van der Waals surface area contributed by atoms with Crippen LogP contribution in [-0.4, -0.2) is 33.6 Å². The molecule has 0 unspecified atom stereocenters. The van der Waals surface area contributed by atoms with Crippen LogP contribution in [0.5, 0.6) is 0 Å². The van der Waals surface area contributed by atoms with Crippen molar-refractivity contribution in [2.45, 2.75) is 19.4 Å². The summed E-state index contributed by atoms with van der Waals surface area (Å²) in [6.45, 7) is 1.45. The van der Waals surface area contributed by atoms with Crippen molar-refractivity contribution >= 4 is 17.2 Å². The highest BCUT2D eigenvalue weighted by Gasteiger charge is 2.23. The molecule has 0 atom stereocenters. The molecule has 8 nitrogen and oxygen atoms in total. The van der Waals surface area contributed by atoms with Gasteiger partial charge in [0, 0.05) is 44.1 Å². The molecule has 0 saturated carbocycles. The summed E-state index contributed by atoms with van der Waals surface area (Å²) in [6.07, 6.45) is 0.890. The van der Waals surface area contributed by atoms with Gasteiger partial charge in [0.1, 0.15) is 5.78 Å². The number of hydrogen-bond acceptors (Lipinski definition) is 6. The van der Waals surface area contributed by atoms with Crippen molar-refractivity contribution in [2.75, 3.05) is 13.1 Å². The predicted octanol–water partition coefficient (Wildman–Crippen LogP) is 1.67. The van der Waals surface area contributed by atoms with Gasteiger partial charge in [0.25, 0.3) is 11.4 Å². The van der Waals surface area contributed by atoms with E-state index in [4.69, 9.17) is 0 Å². The first-order valence-electron chi connectivity index (χ1n) is 6.13. The smallest absolute Gasteiger partial charge is 0.280 e. The molecule has 20 heavy (non-hydrogen) atoms. The van der Waals surface area contributed by atoms with Gasteiger partial charge in [0.2, 0.25) is 0 Å². The highest BCUT2D eigenvalue weighted by molar-refractivity contribution is 5.79. The summed E-state index contributed by atoms with van der Waals surface area (Å²) in [5.41, 5.74) is -0.125. The number of carbonyl (C=O) groups excluding carboxylic acids is 1. The van der Waals surface area contributed by atoms with E-state index >= 15 is 0 Å². The zero-order valence-corrected chi connectivity index (χ0v) is 10.7. The van der Waals surface area contributed by atoms with Gasteiger partial charge >= 0.3 is 0 Å². The fraction of sp³-hybridized carbons (Fsp3) is 0.417. The maximum Gasteiger partial charge on any atom is 0.280 e. The van der Waals surface area contributed by atoms with Crippen molar-refractivity contribution in [3.05, 3.63) is 44.0 Å². The highest BCUT2D eigenvalue weighted by atomic mass is 16.6. The second-order valence-electron chi connectivity index (χ2n) is 4.64. The molecule has 8 heteroatoms. The Kier molecular flexibility index (Phi) is 4.04. The lowest BCUT2D eigenvalue weighted by atomic mass is 10.1. The van der Waals surface area contributed by atoms with Crippen molar-refractivity contribution in [3.63, 3.8) is 0 Å². The molecule has 0 aromatic heterocycles. The molecule has 1 fully saturated rings. The summed E-state index contributed by atoms with van der Waals surface area (Å²) < 4.78 is 0. The normalized spacial score (nSPS) is 16.1.